The summed E-state index contributed by atoms with van der Waals surface area (Å²) in [7, 11) is 0. The number of carboxylic acids is 1. The van der Waals surface area contributed by atoms with Crippen LogP contribution in [0.5, 0.6) is 0 Å². The molecule has 4 nitrogen and oxygen atoms in total. The second-order valence-corrected chi connectivity index (χ2v) is 5.12. The van der Waals surface area contributed by atoms with E-state index in [9.17, 15) is 14.0 Å². The van der Waals surface area contributed by atoms with Crippen LogP contribution in [0.15, 0.2) is 36.9 Å². The third-order valence-electron chi connectivity index (χ3n) is 3.37. The minimum Gasteiger partial charge on any atom is -0.480 e. The van der Waals surface area contributed by atoms with E-state index in [-0.39, 0.29) is 5.56 Å². The zero-order valence-corrected chi connectivity index (χ0v) is 12.6. The van der Waals surface area contributed by atoms with Crippen LogP contribution in [0.2, 0.25) is 0 Å². The van der Waals surface area contributed by atoms with Gasteiger partial charge in [-0.3, -0.25) is 4.79 Å². The second kappa shape index (κ2) is 9.71. The van der Waals surface area contributed by atoms with Crippen molar-refractivity contribution < 1.29 is 19.1 Å². The lowest BCUT2D eigenvalue weighted by Crippen LogP contribution is -2.41. The van der Waals surface area contributed by atoms with Gasteiger partial charge in [0, 0.05) is 0 Å². The molecular weight excluding hydrogens is 285 g/mol. The van der Waals surface area contributed by atoms with Gasteiger partial charge in [0.05, 0.1) is 5.56 Å². The highest BCUT2D eigenvalue weighted by Gasteiger charge is 2.21. The molecule has 1 rings (SSSR count). The van der Waals surface area contributed by atoms with E-state index < -0.39 is 23.7 Å². The standard InChI is InChI=1S/C17H22FNO3/c1-2-3-4-5-6-7-12-15(17(21)22)19-16(20)13-10-8-9-11-14(13)18/h2,8-11,15H,1,3-7,12H2,(H,19,20)(H,21,22)/t15-/m0/s1. The van der Waals surface area contributed by atoms with Gasteiger partial charge < -0.3 is 10.4 Å². The maximum Gasteiger partial charge on any atom is 0.326 e. The van der Waals surface area contributed by atoms with Gasteiger partial charge in [-0.2, -0.15) is 0 Å². The first-order valence-electron chi connectivity index (χ1n) is 7.45. The van der Waals surface area contributed by atoms with Crippen molar-refractivity contribution in [3.8, 4) is 0 Å². The number of carbonyl (C=O) groups is 2. The molecule has 0 aromatic heterocycles. The molecule has 1 atom stereocenters. The van der Waals surface area contributed by atoms with Gasteiger partial charge in [0.15, 0.2) is 0 Å². The SMILES string of the molecule is C=CCCCCCC[C@H](NC(=O)c1ccccc1F)C(=O)O. The highest BCUT2D eigenvalue weighted by atomic mass is 19.1. The first-order valence-corrected chi connectivity index (χ1v) is 7.45. The van der Waals surface area contributed by atoms with Crippen molar-refractivity contribution in [2.24, 2.45) is 0 Å². The summed E-state index contributed by atoms with van der Waals surface area (Å²) in [5, 5.41) is 11.5. The first-order chi connectivity index (χ1) is 10.6. The van der Waals surface area contributed by atoms with E-state index in [0.717, 1.165) is 25.7 Å². The lowest BCUT2D eigenvalue weighted by Gasteiger charge is -2.14. The Morgan fingerprint density at radius 3 is 2.55 bits per heavy atom. The number of halogens is 1. The van der Waals surface area contributed by atoms with Crippen LogP contribution in [0.4, 0.5) is 4.39 Å². The molecule has 1 aromatic carbocycles. The number of carboxylic acid groups (broad SMARTS) is 1. The van der Waals surface area contributed by atoms with Crippen molar-refractivity contribution in [2.45, 2.75) is 44.6 Å². The fraction of sp³-hybridized carbons (Fsp3) is 0.412. The monoisotopic (exact) mass is 307 g/mol. The Hall–Kier alpha value is -2.17. The van der Waals surface area contributed by atoms with E-state index in [4.69, 9.17) is 5.11 Å². The molecule has 1 amide bonds. The van der Waals surface area contributed by atoms with E-state index in [1.54, 1.807) is 0 Å². The summed E-state index contributed by atoms with van der Waals surface area (Å²) >= 11 is 0. The molecule has 0 heterocycles. The molecule has 0 aliphatic carbocycles. The van der Waals surface area contributed by atoms with E-state index in [1.165, 1.54) is 24.3 Å². The van der Waals surface area contributed by atoms with Gasteiger partial charge in [0.1, 0.15) is 11.9 Å². The molecular formula is C17H22FNO3. The van der Waals surface area contributed by atoms with Crippen LogP contribution in [0, 0.1) is 5.82 Å². The van der Waals surface area contributed by atoms with Gasteiger partial charge in [-0.25, -0.2) is 9.18 Å². The van der Waals surface area contributed by atoms with Gasteiger partial charge >= 0.3 is 5.97 Å². The largest absolute Gasteiger partial charge is 0.480 e. The lowest BCUT2D eigenvalue weighted by atomic mass is 10.1. The summed E-state index contributed by atoms with van der Waals surface area (Å²) in [6, 6.07) is 4.52. The molecule has 1 aromatic rings. The molecule has 0 saturated carbocycles. The summed E-state index contributed by atoms with van der Waals surface area (Å²) in [6.07, 6.45) is 6.77. The van der Waals surface area contributed by atoms with Crippen molar-refractivity contribution in [3.63, 3.8) is 0 Å². The van der Waals surface area contributed by atoms with E-state index >= 15 is 0 Å². The summed E-state index contributed by atoms with van der Waals surface area (Å²) in [5.74, 6) is -2.46. The maximum absolute atomic E-state index is 13.5. The quantitative estimate of drug-likeness (QED) is 0.513. The topological polar surface area (TPSA) is 66.4 Å². The summed E-state index contributed by atoms with van der Waals surface area (Å²) in [6.45, 7) is 3.64. The number of hydrogen-bond donors (Lipinski definition) is 2. The van der Waals surface area contributed by atoms with Crippen LogP contribution in [-0.2, 0) is 4.79 Å². The van der Waals surface area contributed by atoms with E-state index in [1.807, 2.05) is 6.08 Å². The van der Waals surface area contributed by atoms with Gasteiger partial charge in [-0.1, -0.05) is 37.5 Å². The number of aliphatic carboxylic acids is 1. The van der Waals surface area contributed by atoms with Crippen LogP contribution in [0.3, 0.4) is 0 Å². The average molecular weight is 307 g/mol. The number of hydrogen-bond acceptors (Lipinski definition) is 2. The fourth-order valence-corrected chi connectivity index (χ4v) is 2.13. The predicted octanol–water partition coefficient (Wildman–Crippen LogP) is 3.54. The van der Waals surface area contributed by atoms with E-state index in [2.05, 4.69) is 11.9 Å². The van der Waals surface area contributed by atoms with Crippen molar-refractivity contribution in [1.29, 1.82) is 0 Å². The molecule has 5 heteroatoms. The number of unbranched alkanes of at least 4 members (excludes halogenated alkanes) is 4. The van der Waals surface area contributed by atoms with Crippen molar-refractivity contribution in [2.75, 3.05) is 0 Å². The first kappa shape index (κ1) is 17.9. The fourth-order valence-electron chi connectivity index (χ4n) is 2.13. The molecule has 0 bridgehead atoms. The summed E-state index contributed by atoms with van der Waals surface area (Å²) in [4.78, 5) is 23.1. The van der Waals surface area contributed by atoms with Crippen molar-refractivity contribution in [3.05, 3.63) is 48.3 Å². The summed E-state index contributed by atoms with van der Waals surface area (Å²) < 4.78 is 13.5. The van der Waals surface area contributed by atoms with Gasteiger partial charge in [-0.15, -0.1) is 6.58 Å². The Kier molecular flexibility index (Phi) is 7.89. The molecule has 2 N–H and O–H groups in total. The molecule has 0 aliphatic heterocycles. The smallest absolute Gasteiger partial charge is 0.326 e. The zero-order chi connectivity index (χ0) is 16.4. The van der Waals surface area contributed by atoms with Gasteiger partial charge in [0.2, 0.25) is 0 Å². The second-order valence-electron chi connectivity index (χ2n) is 5.12. The van der Waals surface area contributed by atoms with Crippen molar-refractivity contribution in [1.82, 2.24) is 5.32 Å². The zero-order valence-electron chi connectivity index (χ0n) is 12.6. The normalized spacial score (nSPS) is 11.7. The molecule has 0 saturated heterocycles. The minimum atomic E-state index is -1.10. The van der Waals surface area contributed by atoms with Crippen LogP contribution in [0.1, 0.15) is 48.9 Å². The highest BCUT2D eigenvalue weighted by Crippen LogP contribution is 2.10. The highest BCUT2D eigenvalue weighted by molar-refractivity contribution is 5.96. The molecule has 22 heavy (non-hydrogen) atoms. The average Bonchev–Trinajstić information content (AvgIpc) is 2.49. The predicted molar refractivity (Wildman–Crippen MR) is 83.2 cm³/mol. The maximum atomic E-state index is 13.5. The molecule has 0 spiro atoms. The Balaban J connectivity index is 2.47. The number of carbonyl (C=O) groups excluding carboxylic acids is 1. The number of amides is 1. The molecule has 0 radical (unpaired) electrons. The Bertz CT molecular complexity index is 516. The van der Waals surface area contributed by atoms with Crippen LogP contribution in [-0.4, -0.2) is 23.0 Å². The van der Waals surface area contributed by atoms with Crippen molar-refractivity contribution >= 4 is 11.9 Å². The number of rotatable bonds is 10. The Morgan fingerprint density at radius 1 is 1.23 bits per heavy atom. The third-order valence-corrected chi connectivity index (χ3v) is 3.37. The Morgan fingerprint density at radius 2 is 1.91 bits per heavy atom. The minimum absolute atomic E-state index is 0.139. The molecule has 0 fully saturated rings. The molecule has 0 aliphatic rings. The van der Waals surface area contributed by atoms with E-state index in [0.29, 0.717) is 12.8 Å². The number of benzene rings is 1. The Labute approximate surface area is 130 Å². The molecule has 120 valence electrons. The van der Waals surface area contributed by atoms with Gasteiger partial charge in [-0.05, 0) is 31.4 Å². The summed E-state index contributed by atoms with van der Waals surface area (Å²) in [5.41, 5.74) is -0.139. The number of allylic oxidation sites excluding steroid dienone is 1. The number of nitrogens with one attached hydrogen (secondary N) is 1. The lowest BCUT2D eigenvalue weighted by molar-refractivity contribution is -0.139. The molecule has 0 unspecified atom stereocenters. The van der Waals surface area contributed by atoms with Crippen LogP contribution in [0.25, 0.3) is 0 Å². The van der Waals surface area contributed by atoms with Crippen LogP contribution >= 0.6 is 0 Å². The van der Waals surface area contributed by atoms with Crippen LogP contribution < -0.4 is 5.32 Å². The third kappa shape index (κ3) is 6.08. The van der Waals surface area contributed by atoms with Gasteiger partial charge in [0.25, 0.3) is 5.91 Å².